The molecule has 0 aliphatic carbocycles. The van der Waals surface area contributed by atoms with Gasteiger partial charge in [-0.15, -0.1) is 0 Å². The van der Waals surface area contributed by atoms with Gasteiger partial charge in [0.25, 0.3) is 15.9 Å². The highest BCUT2D eigenvalue weighted by atomic mass is 32.2. The Morgan fingerprint density at radius 3 is 2.67 bits per heavy atom. The van der Waals surface area contributed by atoms with Crippen molar-refractivity contribution in [2.24, 2.45) is 0 Å². The fourth-order valence-electron chi connectivity index (χ4n) is 3.97. The third kappa shape index (κ3) is 4.63. The van der Waals surface area contributed by atoms with Gasteiger partial charge in [-0.2, -0.15) is 0 Å². The molecule has 0 spiro atoms. The fourth-order valence-corrected chi connectivity index (χ4v) is 5.71. The number of rotatable bonds is 7. The number of hydrogen-bond donors (Lipinski definition) is 1. The average molecular weight is 468 g/mol. The lowest BCUT2D eigenvalue weighted by molar-refractivity contribution is -0.121. The Hall–Kier alpha value is -3.59. The predicted octanol–water partition coefficient (Wildman–Crippen LogP) is 2.81. The first-order valence-electron chi connectivity index (χ1n) is 10.5. The second kappa shape index (κ2) is 9.11. The molecule has 0 saturated carbocycles. The van der Waals surface area contributed by atoms with Gasteiger partial charge in [-0.1, -0.05) is 24.3 Å². The minimum Gasteiger partial charge on any atom is -0.467 e. The van der Waals surface area contributed by atoms with Crippen LogP contribution >= 0.6 is 0 Å². The highest BCUT2D eigenvalue weighted by molar-refractivity contribution is 7.92. The van der Waals surface area contributed by atoms with Crippen LogP contribution in [0.2, 0.25) is 0 Å². The average Bonchev–Trinajstić information content (AvgIpc) is 3.44. The summed E-state index contributed by atoms with van der Waals surface area (Å²) in [6, 6.07) is 16.6. The van der Waals surface area contributed by atoms with E-state index in [9.17, 15) is 18.0 Å². The summed E-state index contributed by atoms with van der Waals surface area (Å²) < 4.78 is 33.5. The first kappa shape index (κ1) is 22.6. The van der Waals surface area contributed by atoms with E-state index < -0.39 is 15.9 Å². The minimum absolute atomic E-state index is 0.0348. The zero-order chi connectivity index (χ0) is 23.6. The summed E-state index contributed by atoms with van der Waals surface area (Å²) in [6.07, 6.45) is 2.14. The van der Waals surface area contributed by atoms with Crippen molar-refractivity contribution in [3.8, 4) is 0 Å². The first-order valence-corrected chi connectivity index (χ1v) is 12.0. The monoisotopic (exact) mass is 467 g/mol. The van der Waals surface area contributed by atoms with Gasteiger partial charge in [0, 0.05) is 18.7 Å². The number of sulfonamides is 1. The number of amides is 2. The molecule has 3 aromatic rings. The molecule has 1 aromatic heterocycles. The zero-order valence-electron chi connectivity index (χ0n) is 18.4. The lowest BCUT2D eigenvalue weighted by atomic mass is 10.1. The molecule has 0 radical (unpaired) electrons. The van der Waals surface area contributed by atoms with Crippen molar-refractivity contribution in [2.45, 2.75) is 30.8 Å². The smallest absolute Gasteiger partial charge is 0.264 e. The number of anilines is 1. The van der Waals surface area contributed by atoms with E-state index in [1.807, 2.05) is 25.1 Å². The molecule has 0 fully saturated rings. The summed E-state index contributed by atoms with van der Waals surface area (Å²) in [6.45, 7) is 1.91. The third-order valence-corrected chi connectivity index (χ3v) is 7.47. The minimum atomic E-state index is -3.87. The van der Waals surface area contributed by atoms with E-state index in [4.69, 9.17) is 4.42 Å². The molecular weight excluding hydrogens is 442 g/mol. The van der Waals surface area contributed by atoms with Crippen LogP contribution in [0, 0.1) is 0 Å². The normalized spacial score (nSPS) is 15.2. The third-order valence-electron chi connectivity index (χ3n) is 5.55. The summed E-state index contributed by atoms with van der Waals surface area (Å²) in [4.78, 5) is 26.4. The molecule has 33 heavy (non-hydrogen) atoms. The van der Waals surface area contributed by atoms with Gasteiger partial charge >= 0.3 is 0 Å². The van der Waals surface area contributed by atoms with Crippen LogP contribution in [0.4, 0.5) is 5.69 Å². The Morgan fingerprint density at radius 1 is 1.12 bits per heavy atom. The van der Waals surface area contributed by atoms with E-state index in [-0.39, 0.29) is 35.5 Å². The van der Waals surface area contributed by atoms with E-state index in [0.29, 0.717) is 17.9 Å². The summed E-state index contributed by atoms with van der Waals surface area (Å²) in [5.74, 6) is -0.198. The standard InChI is InChI=1S/C24H25N3O5S/c1-17-13-18-7-3-4-11-22(18)27(17)33(30,31)21-10-5-8-19(14-21)24(29)26(2)16-23(28)25-15-20-9-6-12-32-20/h3-12,14,17H,13,15-16H2,1-2H3,(H,25,28). The molecule has 1 N–H and O–H groups in total. The SMILES string of the molecule is CC1Cc2ccccc2N1S(=O)(=O)c1cccc(C(=O)N(C)CC(=O)NCc2ccco2)c1. The molecular formula is C24H25N3O5S. The van der Waals surface area contributed by atoms with Crippen molar-refractivity contribution < 1.29 is 22.4 Å². The van der Waals surface area contributed by atoms with Gasteiger partial charge < -0.3 is 14.6 Å². The molecule has 8 nitrogen and oxygen atoms in total. The van der Waals surface area contributed by atoms with Crippen molar-refractivity contribution in [1.82, 2.24) is 10.2 Å². The molecule has 1 unspecified atom stereocenters. The van der Waals surface area contributed by atoms with Crippen molar-refractivity contribution in [2.75, 3.05) is 17.9 Å². The van der Waals surface area contributed by atoms with Crippen LogP contribution < -0.4 is 9.62 Å². The molecule has 2 aromatic carbocycles. The summed E-state index contributed by atoms with van der Waals surface area (Å²) in [5, 5.41) is 2.68. The number of nitrogens with one attached hydrogen (secondary N) is 1. The van der Waals surface area contributed by atoms with E-state index in [0.717, 1.165) is 5.56 Å². The molecule has 4 rings (SSSR count). The maximum Gasteiger partial charge on any atom is 0.264 e. The number of para-hydroxylation sites is 1. The highest BCUT2D eigenvalue weighted by Gasteiger charge is 2.36. The number of benzene rings is 2. The second-order valence-electron chi connectivity index (χ2n) is 8.03. The van der Waals surface area contributed by atoms with Gasteiger partial charge in [-0.05, 0) is 55.3 Å². The van der Waals surface area contributed by atoms with E-state index in [1.165, 1.54) is 40.7 Å². The number of carbonyl (C=O) groups is 2. The van der Waals surface area contributed by atoms with Crippen LogP contribution in [0.5, 0.6) is 0 Å². The van der Waals surface area contributed by atoms with Gasteiger partial charge in [0.05, 0.1) is 29.9 Å². The fraction of sp³-hybridized carbons (Fsp3) is 0.250. The van der Waals surface area contributed by atoms with Gasteiger partial charge in [0.1, 0.15) is 5.76 Å². The summed E-state index contributed by atoms with van der Waals surface area (Å²) in [7, 11) is -2.37. The number of fused-ring (bicyclic) bond motifs is 1. The maximum absolute atomic E-state index is 13.5. The van der Waals surface area contributed by atoms with Gasteiger partial charge in [0.2, 0.25) is 5.91 Å². The highest BCUT2D eigenvalue weighted by Crippen LogP contribution is 2.36. The Labute approximate surface area is 192 Å². The molecule has 9 heteroatoms. The quantitative estimate of drug-likeness (QED) is 0.576. The van der Waals surface area contributed by atoms with Crippen LogP contribution in [0.15, 0.2) is 76.2 Å². The van der Waals surface area contributed by atoms with Crippen molar-refractivity contribution >= 4 is 27.5 Å². The predicted molar refractivity (Wildman–Crippen MR) is 123 cm³/mol. The van der Waals surface area contributed by atoms with Crippen molar-refractivity contribution in [1.29, 1.82) is 0 Å². The molecule has 2 heterocycles. The van der Waals surface area contributed by atoms with E-state index >= 15 is 0 Å². The number of hydrogen-bond acceptors (Lipinski definition) is 5. The molecule has 0 bridgehead atoms. The van der Waals surface area contributed by atoms with Crippen LogP contribution in [-0.2, 0) is 27.8 Å². The lowest BCUT2D eigenvalue weighted by Crippen LogP contribution is -2.38. The Bertz CT molecular complexity index is 1270. The van der Waals surface area contributed by atoms with Crippen LogP contribution in [0.3, 0.4) is 0 Å². The Balaban J connectivity index is 1.49. The maximum atomic E-state index is 13.5. The number of nitrogens with zero attached hydrogens (tertiary/aromatic N) is 2. The largest absolute Gasteiger partial charge is 0.467 e. The van der Waals surface area contributed by atoms with E-state index in [1.54, 1.807) is 24.3 Å². The second-order valence-corrected chi connectivity index (χ2v) is 9.84. The number of carbonyl (C=O) groups excluding carboxylic acids is 2. The number of likely N-dealkylation sites (N-methyl/N-ethyl adjacent to an activating group) is 1. The molecule has 2 amide bonds. The molecule has 1 aliphatic heterocycles. The van der Waals surface area contributed by atoms with Gasteiger partial charge in [-0.3, -0.25) is 13.9 Å². The van der Waals surface area contributed by atoms with Gasteiger partial charge in [-0.25, -0.2) is 8.42 Å². The van der Waals surface area contributed by atoms with E-state index in [2.05, 4.69) is 5.32 Å². The molecule has 172 valence electrons. The molecule has 0 saturated heterocycles. The Kier molecular flexibility index (Phi) is 6.24. The molecule has 1 atom stereocenters. The summed E-state index contributed by atoms with van der Waals surface area (Å²) >= 11 is 0. The van der Waals surface area contributed by atoms with Crippen LogP contribution in [0.1, 0.15) is 28.6 Å². The Morgan fingerprint density at radius 2 is 1.91 bits per heavy atom. The number of furan rings is 1. The van der Waals surface area contributed by atoms with Crippen molar-refractivity contribution in [3.63, 3.8) is 0 Å². The first-order chi connectivity index (χ1) is 15.8. The molecule has 1 aliphatic rings. The summed E-state index contributed by atoms with van der Waals surface area (Å²) in [5.41, 5.74) is 1.82. The van der Waals surface area contributed by atoms with Crippen LogP contribution in [0.25, 0.3) is 0 Å². The van der Waals surface area contributed by atoms with Gasteiger partial charge in [0.15, 0.2) is 0 Å². The van der Waals surface area contributed by atoms with Crippen molar-refractivity contribution in [3.05, 3.63) is 83.8 Å². The zero-order valence-corrected chi connectivity index (χ0v) is 19.2. The lowest BCUT2D eigenvalue weighted by Gasteiger charge is -2.25. The van der Waals surface area contributed by atoms with Crippen LogP contribution in [-0.4, -0.2) is 44.8 Å². The topological polar surface area (TPSA) is 99.9 Å².